The normalized spacial score (nSPS) is 27.0. The minimum absolute atomic E-state index is 0.130. The summed E-state index contributed by atoms with van der Waals surface area (Å²) in [7, 11) is 2.04. The number of unbranched alkanes of at least 4 members (excludes halogenated alkanes) is 5. The monoisotopic (exact) mass is 601 g/mol. The second kappa shape index (κ2) is 12.5. The molecule has 8 heteroatoms. The van der Waals surface area contributed by atoms with E-state index in [-0.39, 0.29) is 25.5 Å². The summed E-state index contributed by atoms with van der Waals surface area (Å²) in [5, 5.41) is 22.6. The first-order chi connectivity index (χ1) is 21.3. The molecule has 2 aliphatic heterocycles. The van der Waals surface area contributed by atoms with Crippen LogP contribution in [0, 0.1) is 0 Å². The molecule has 2 N–H and O–H groups in total. The van der Waals surface area contributed by atoms with Crippen molar-refractivity contribution in [1.82, 2.24) is 4.90 Å². The van der Waals surface area contributed by atoms with E-state index in [1.54, 1.807) is 30.3 Å². The van der Waals surface area contributed by atoms with E-state index >= 15 is 0 Å². The molecule has 0 amide bonds. The van der Waals surface area contributed by atoms with Crippen LogP contribution in [-0.2, 0) is 37.5 Å². The Morgan fingerprint density at radius 3 is 2.68 bits per heavy atom. The summed E-state index contributed by atoms with van der Waals surface area (Å²) in [4.78, 5) is 29.0. The van der Waals surface area contributed by atoms with Gasteiger partial charge in [0.1, 0.15) is 11.5 Å². The average molecular weight is 602 g/mol. The van der Waals surface area contributed by atoms with Crippen LogP contribution in [0.1, 0.15) is 86.1 Å². The molecule has 2 aliphatic carbocycles. The number of carbonyl (C=O) groups is 2. The first kappa shape index (κ1) is 30.6. The summed E-state index contributed by atoms with van der Waals surface area (Å²) in [5.74, 6) is -0.257. The van der Waals surface area contributed by atoms with E-state index in [1.807, 2.05) is 31.3 Å². The van der Waals surface area contributed by atoms with Crippen molar-refractivity contribution in [3.05, 3.63) is 89.2 Å². The maximum atomic E-state index is 13.9. The number of allylic oxidation sites excluding steroid dienone is 1. The van der Waals surface area contributed by atoms with Gasteiger partial charge < -0.3 is 29.3 Å². The molecule has 2 heterocycles. The van der Waals surface area contributed by atoms with E-state index in [0.29, 0.717) is 41.9 Å². The Kier molecular flexibility index (Phi) is 8.68. The lowest BCUT2D eigenvalue weighted by Gasteiger charge is -2.61. The summed E-state index contributed by atoms with van der Waals surface area (Å²) in [6.45, 7) is 4.29. The van der Waals surface area contributed by atoms with Crippen molar-refractivity contribution in [3.8, 4) is 5.75 Å². The second-order valence-electron chi connectivity index (χ2n) is 12.7. The fourth-order valence-electron chi connectivity index (χ4n) is 7.96. The minimum atomic E-state index is -1.24. The average Bonchev–Trinajstić information content (AvgIpc) is 3.39. The molecule has 234 valence electrons. The number of ether oxygens (including phenoxy) is 3. The zero-order valence-electron chi connectivity index (χ0n) is 25.5. The Morgan fingerprint density at radius 2 is 1.91 bits per heavy atom. The van der Waals surface area contributed by atoms with Crippen LogP contribution >= 0.6 is 0 Å². The fourth-order valence-corrected chi connectivity index (χ4v) is 7.96. The fraction of sp³-hybridized carbons (Fsp3) is 0.500. The molecule has 1 saturated heterocycles. The molecule has 0 aromatic heterocycles. The second-order valence-corrected chi connectivity index (χ2v) is 12.7. The van der Waals surface area contributed by atoms with Gasteiger partial charge in [0.15, 0.2) is 6.10 Å². The molecule has 2 unspecified atom stereocenters. The maximum Gasteiger partial charge on any atom is 0.357 e. The van der Waals surface area contributed by atoms with Crippen LogP contribution in [0.25, 0.3) is 0 Å². The standard InChI is InChI=1S/C36H43NO7/c1-3-4-5-6-7-8-12-15-29(39)43-32(24-13-10-9-11-14-24)34(40)42-27-18-19-36(41)28-22-25-16-17-26(23-38)31-30(25)35(36,33(27)44-31)20-21-37(28)2/h3,9-11,13-14,16-18,28,32-33,38,41H,1,4-8,12,15,19-23H2,2H3/t28-,32+,33?,35?,36-/m1/s1. The number of rotatable bonds is 13. The number of aliphatic hydroxyl groups is 2. The van der Waals surface area contributed by atoms with Gasteiger partial charge in [-0.2, -0.15) is 0 Å². The lowest BCUT2D eigenvalue weighted by Crippen LogP contribution is -2.74. The SMILES string of the molecule is C=CCCCCCCCC(=O)O[C@H](C(=O)OC1=CC[C@@]2(O)[C@H]3Cc4ccc(CO)c5c4C2(CCN3C)C1O5)c1ccccc1. The van der Waals surface area contributed by atoms with E-state index in [2.05, 4.69) is 11.5 Å². The molecule has 6 rings (SSSR count). The van der Waals surface area contributed by atoms with Crippen molar-refractivity contribution < 1.29 is 34.0 Å². The summed E-state index contributed by atoms with van der Waals surface area (Å²) in [5.41, 5.74) is 1.23. The highest BCUT2D eigenvalue weighted by Crippen LogP contribution is 2.64. The van der Waals surface area contributed by atoms with Crippen LogP contribution in [0.15, 0.2) is 67.0 Å². The van der Waals surface area contributed by atoms with Gasteiger partial charge in [0.05, 0.1) is 17.6 Å². The van der Waals surface area contributed by atoms with Gasteiger partial charge in [-0.1, -0.05) is 67.8 Å². The Hall–Kier alpha value is -3.46. The molecule has 0 saturated carbocycles. The summed E-state index contributed by atoms with van der Waals surface area (Å²) in [6.07, 6.45) is 9.31. The Bertz CT molecular complexity index is 1440. The third-order valence-electron chi connectivity index (χ3n) is 10.2. The van der Waals surface area contributed by atoms with Gasteiger partial charge in [0.25, 0.3) is 0 Å². The molecule has 1 spiro atoms. The lowest BCUT2D eigenvalue weighted by atomic mass is 9.50. The van der Waals surface area contributed by atoms with Gasteiger partial charge in [0.2, 0.25) is 6.10 Å². The van der Waals surface area contributed by atoms with Crippen molar-refractivity contribution in [1.29, 1.82) is 0 Å². The van der Waals surface area contributed by atoms with Gasteiger partial charge in [-0.3, -0.25) is 4.79 Å². The van der Waals surface area contributed by atoms with Gasteiger partial charge in [-0.15, -0.1) is 6.58 Å². The van der Waals surface area contributed by atoms with Crippen LogP contribution in [0.2, 0.25) is 0 Å². The predicted octanol–water partition coefficient (Wildman–Crippen LogP) is 5.20. The molecule has 4 aliphatic rings. The Labute approximate surface area is 259 Å². The van der Waals surface area contributed by atoms with Crippen molar-refractivity contribution >= 4 is 11.9 Å². The molecule has 0 radical (unpaired) electrons. The number of benzene rings is 2. The summed E-state index contributed by atoms with van der Waals surface area (Å²) < 4.78 is 18.5. The van der Waals surface area contributed by atoms with E-state index < -0.39 is 35.2 Å². The third-order valence-corrected chi connectivity index (χ3v) is 10.2. The highest BCUT2D eigenvalue weighted by atomic mass is 16.6. The Balaban J connectivity index is 1.23. The van der Waals surface area contributed by atoms with Crippen molar-refractivity contribution in [2.45, 2.75) is 100 Å². The molecule has 44 heavy (non-hydrogen) atoms. The first-order valence-electron chi connectivity index (χ1n) is 16.0. The van der Waals surface area contributed by atoms with Gasteiger partial charge >= 0.3 is 11.9 Å². The van der Waals surface area contributed by atoms with Crippen molar-refractivity contribution in [2.75, 3.05) is 13.6 Å². The zero-order valence-corrected chi connectivity index (χ0v) is 25.5. The van der Waals surface area contributed by atoms with Crippen LogP contribution in [0.4, 0.5) is 0 Å². The van der Waals surface area contributed by atoms with E-state index in [4.69, 9.17) is 14.2 Å². The summed E-state index contributed by atoms with van der Waals surface area (Å²) >= 11 is 0. The molecule has 8 nitrogen and oxygen atoms in total. The maximum absolute atomic E-state index is 13.9. The molecule has 2 aromatic rings. The first-order valence-corrected chi connectivity index (χ1v) is 16.0. The molecule has 1 fully saturated rings. The minimum Gasteiger partial charge on any atom is -0.481 e. The molecule has 2 bridgehead atoms. The van der Waals surface area contributed by atoms with Gasteiger partial charge in [-0.25, -0.2) is 4.79 Å². The van der Waals surface area contributed by atoms with Gasteiger partial charge in [-0.05, 0) is 57.3 Å². The largest absolute Gasteiger partial charge is 0.481 e. The van der Waals surface area contributed by atoms with Crippen LogP contribution in [0.5, 0.6) is 5.75 Å². The molecular weight excluding hydrogens is 558 g/mol. The quantitative estimate of drug-likeness (QED) is 0.183. The lowest BCUT2D eigenvalue weighted by molar-refractivity contribution is -0.176. The number of hydrogen-bond donors (Lipinski definition) is 2. The van der Waals surface area contributed by atoms with Crippen LogP contribution in [-0.4, -0.2) is 58.4 Å². The van der Waals surface area contributed by atoms with E-state index in [9.17, 15) is 19.8 Å². The molecule has 5 atom stereocenters. The van der Waals surface area contributed by atoms with Crippen LogP contribution in [0.3, 0.4) is 0 Å². The van der Waals surface area contributed by atoms with Crippen molar-refractivity contribution in [2.24, 2.45) is 0 Å². The highest BCUT2D eigenvalue weighted by Gasteiger charge is 2.72. The van der Waals surface area contributed by atoms with Crippen LogP contribution < -0.4 is 4.74 Å². The smallest absolute Gasteiger partial charge is 0.357 e. The zero-order chi connectivity index (χ0) is 30.9. The van der Waals surface area contributed by atoms with E-state index in [1.165, 1.54) is 0 Å². The number of carbonyl (C=O) groups excluding carboxylic acids is 2. The molecular formula is C36H43NO7. The number of likely N-dealkylation sites (tertiary alicyclic amines) is 1. The summed E-state index contributed by atoms with van der Waals surface area (Å²) in [6, 6.07) is 12.7. The number of likely N-dealkylation sites (N-methyl/N-ethyl adjacent to an activating group) is 1. The third kappa shape index (κ3) is 5.07. The van der Waals surface area contributed by atoms with Gasteiger partial charge in [0, 0.05) is 35.6 Å². The number of hydrogen-bond acceptors (Lipinski definition) is 8. The number of nitrogens with zero attached hydrogens (tertiary/aromatic N) is 1. The predicted molar refractivity (Wildman–Crippen MR) is 165 cm³/mol. The number of piperidine rings is 1. The number of aliphatic hydroxyl groups excluding tert-OH is 1. The van der Waals surface area contributed by atoms with Crippen molar-refractivity contribution in [3.63, 3.8) is 0 Å². The number of esters is 2. The Morgan fingerprint density at radius 1 is 1.14 bits per heavy atom. The highest BCUT2D eigenvalue weighted by molar-refractivity contribution is 5.81. The topological polar surface area (TPSA) is 106 Å². The molecule has 2 aromatic carbocycles. The van der Waals surface area contributed by atoms with E-state index in [0.717, 1.165) is 49.8 Å².